The summed E-state index contributed by atoms with van der Waals surface area (Å²) in [5.74, 6) is 0.646. The molecule has 1 N–H and O–H groups in total. The van der Waals surface area contributed by atoms with Crippen molar-refractivity contribution in [2.45, 2.75) is 32.6 Å². The van der Waals surface area contributed by atoms with Gasteiger partial charge in [-0.2, -0.15) is 0 Å². The Morgan fingerprint density at radius 1 is 1.55 bits per heavy atom. The predicted molar refractivity (Wildman–Crippen MR) is 79.1 cm³/mol. The number of ether oxygens (including phenoxy) is 2. The normalized spacial score (nSPS) is 14.2. The van der Waals surface area contributed by atoms with Crippen molar-refractivity contribution < 1.29 is 14.3 Å². The lowest BCUT2D eigenvalue weighted by molar-refractivity contribution is -0.143. The van der Waals surface area contributed by atoms with Crippen LogP contribution in [-0.4, -0.2) is 37.3 Å². The fraction of sp³-hybridized carbons (Fsp3) is 0.714. The minimum absolute atomic E-state index is 0.163. The van der Waals surface area contributed by atoms with Crippen molar-refractivity contribution in [3.8, 4) is 0 Å². The van der Waals surface area contributed by atoms with Gasteiger partial charge in [-0.05, 0) is 25.7 Å². The highest BCUT2D eigenvalue weighted by atomic mass is 32.1. The summed E-state index contributed by atoms with van der Waals surface area (Å²) >= 11 is 1.56. The Balaban J connectivity index is 1.57. The molecule has 0 unspecified atom stereocenters. The summed E-state index contributed by atoms with van der Waals surface area (Å²) in [7, 11) is 0. The van der Waals surface area contributed by atoms with Crippen molar-refractivity contribution in [1.29, 1.82) is 0 Å². The lowest BCUT2D eigenvalue weighted by Gasteiger charge is -2.03. The molecule has 6 heteroatoms. The number of hydrogen-bond donors (Lipinski definition) is 1. The van der Waals surface area contributed by atoms with Crippen LogP contribution in [0.25, 0.3) is 0 Å². The van der Waals surface area contributed by atoms with Crippen LogP contribution in [0, 0.1) is 5.92 Å². The van der Waals surface area contributed by atoms with Gasteiger partial charge in [-0.1, -0.05) is 0 Å². The molecule has 1 aromatic rings. The number of nitrogens with one attached hydrogen (secondary N) is 1. The van der Waals surface area contributed by atoms with Crippen LogP contribution in [0.5, 0.6) is 0 Å². The first-order valence-corrected chi connectivity index (χ1v) is 8.07. The quantitative estimate of drug-likeness (QED) is 0.531. The minimum atomic E-state index is -0.163. The zero-order valence-electron chi connectivity index (χ0n) is 11.9. The molecule has 0 amide bonds. The smallest absolute Gasteiger partial charge is 0.306 e. The summed E-state index contributed by atoms with van der Waals surface area (Å²) in [6, 6.07) is 0. The standard InChI is InChI=1S/C14H22N2O3S/c1-2-19-13(17)6-5-12-10-20-14(16-12)15-7-8-18-9-11-3-4-11/h10-11H,2-9H2,1H3,(H,15,16). The van der Waals surface area contributed by atoms with Crippen molar-refractivity contribution in [1.82, 2.24) is 4.98 Å². The minimum Gasteiger partial charge on any atom is -0.466 e. The molecule has 1 aliphatic rings. The number of aryl methyl sites for hydroxylation is 1. The second kappa shape index (κ2) is 8.21. The molecule has 0 saturated heterocycles. The van der Waals surface area contributed by atoms with Gasteiger partial charge in [0.15, 0.2) is 5.13 Å². The fourth-order valence-electron chi connectivity index (χ4n) is 1.73. The predicted octanol–water partition coefficient (Wildman–Crippen LogP) is 2.48. The number of nitrogens with zero attached hydrogens (tertiary/aromatic N) is 1. The fourth-order valence-corrected chi connectivity index (χ4v) is 2.50. The number of hydrogen-bond acceptors (Lipinski definition) is 6. The molecule has 0 spiro atoms. The number of carbonyl (C=O) groups excluding carboxylic acids is 1. The number of aromatic nitrogens is 1. The van der Waals surface area contributed by atoms with Gasteiger partial charge in [0.25, 0.3) is 0 Å². The zero-order chi connectivity index (χ0) is 14.2. The van der Waals surface area contributed by atoms with Gasteiger partial charge in [-0.25, -0.2) is 4.98 Å². The molecule has 0 bridgehead atoms. The van der Waals surface area contributed by atoms with Crippen molar-refractivity contribution in [2.24, 2.45) is 5.92 Å². The van der Waals surface area contributed by atoms with E-state index in [0.717, 1.165) is 29.9 Å². The van der Waals surface area contributed by atoms with Gasteiger partial charge in [0.1, 0.15) is 0 Å². The maximum Gasteiger partial charge on any atom is 0.306 e. The first kappa shape index (κ1) is 15.3. The molecule has 0 radical (unpaired) electrons. The average Bonchev–Trinajstić information content (AvgIpc) is 3.14. The summed E-state index contributed by atoms with van der Waals surface area (Å²) < 4.78 is 10.4. The van der Waals surface area contributed by atoms with Crippen LogP contribution >= 0.6 is 11.3 Å². The molecule has 1 aromatic heterocycles. The first-order valence-electron chi connectivity index (χ1n) is 7.19. The SMILES string of the molecule is CCOC(=O)CCc1csc(NCCOCC2CC2)n1. The van der Waals surface area contributed by atoms with E-state index >= 15 is 0 Å². The Morgan fingerprint density at radius 3 is 3.15 bits per heavy atom. The van der Waals surface area contributed by atoms with E-state index in [1.165, 1.54) is 12.8 Å². The number of thiazole rings is 1. The van der Waals surface area contributed by atoms with Crippen molar-refractivity contribution in [3.05, 3.63) is 11.1 Å². The highest BCUT2D eigenvalue weighted by Gasteiger charge is 2.20. The van der Waals surface area contributed by atoms with Crippen LogP contribution in [-0.2, 0) is 20.7 Å². The number of carbonyl (C=O) groups is 1. The molecule has 1 aliphatic carbocycles. The topological polar surface area (TPSA) is 60.5 Å². The molecular weight excluding hydrogens is 276 g/mol. The third-order valence-electron chi connectivity index (χ3n) is 3.02. The van der Waals surface area contributed by atoms with E-state index in [9.17, 15) is 4.79 Å². The van der Waals surface area contributed by atoms with E-state index in [4.69, 9.17) is 9.47 Å². The van der Waals surface area contributed by atoms with Crippen molar-refractivity contribution in [3.63, 3.8) is 0 Å². The molecule has 5 nitrogen and oxygen atoms in total. The molecule has 1 fully saturated rings. The molecule has 0 aliphatic heterocycles. The Bertz CT molecular complexity index is 418. The maximum absolute atomic E-state index is 11.2. The van der Waals surface area contributed by atoms with E-state index < -0.39 is 0 Å². The number of anilines is 1. The summed E-state index contributed by atoms with van der Waals surface area (Å²) in [4.78, 5) is 15.7. The summed E-state index contributed by atoms with van der Waals surface area (Å²) in [5, 5.41) is 6.10. The molecule has 0 aromatic carbocycles. The Labute approximate surface area is 123 Å². The zero-order valence-corrected chi connectivity index (χ0v) is 12.7. The lowest BCUT2D eigenvalue weighted by Crippen LogP contribution is -2.10. The highest BCUT2D eigenvalue weighted by Crippen LogP contribution is 2.28. The van der Waals surface area contributed by atoms with Crippen molar-refractivity contribution in [2.75, 3.05) is 31.7 Å². The highest BCUT2D eigenvalue weighted by molar-refractivity contribution is 7.13. The second-order valence-corrected chi connectivity index (χ2v) is 5.75. The monoisotopic (exact) mass is 298 g/mol. The third kappa shape index (κ3) is 5.88. The van der Waals surface area contributed by atoms with E-state index in [1.54, 1.807) is 11.3 Å². The van der Waals surface area contributed by atoms with E-state index in [2.05, 4.69) is 10.3 Å². The van der Waals surface area contributed by atoms with Gasteiger partial charge in [0.2, 0.25) is 0 Å². The molecule has 112 valence electrons. The van der Waals surface area contributed by atoms with Crippen LogP contribution in [0.1, 0.15) is 31.9 Å². The maximum atomic E-state index is 11.2. The molecule has 20 heavy (non-hydrogen) atoms. The molecule has 1 heterocycles. The summed E-state index contributed by atoms with van der Waals surface area (Å²) in [5.41, 5.74) is 0.935. The van der Waals surface area contributed by atoms with Gasteiger partial charge in [0, 0.05) is 25.0 Å². The second-order valence-electron chi connectivity index (χ2n) is 4.89. The van der Waals surface area contributed by atoms with Crippen LogP contribution in [0.2, 0.25) is 0 Å². The van der Waals surface area contributed by atoms with Gasteiger partial charge in [-0.15, -0.1) is 11.3 Å². The molecule has 0 atom stereocenters. The van der Waals surface area contributed by atoms with Crippen LogP contribution in [0.4, 0.5) is 5.13 Å². The van der Waals surface area contributed by atoms with Crippen LogP contribution < -0.4 is 5.32 Å². The van der Waals surface area contributed by atoms with Crippen LogP contribution in [0.3, 0.4) is 0 Å². The number of esters is 1. The Morgan fingerprint density at radius 2 is 2.40 bits per heavy atom. The average molecular weight is 298 g/mol. The molecule has 1 saturated carbocycles. The van der Waals surface area contributed by atoms with Gasteiger partial charge in [-0.3, -0.25) is 4.79 Å². The summed E-state index contributed by atoms with van der Waals surface area (Å²) in [6.45, 7) is 4.63. The van der Waals surface area contributed by atoms with Gasteiger partial charge in [0.05, 0.1) is 25.3 Å². The lowest BCUT2D eigenvalue weighted by atomic mass is 10.2. The molecule has 2 rings (SSSR count). The molecular formula is C14H22N2O3S. The number of rotatable bonds is 10. The van der Waals surface area contributed by atoms with E-state index in [1.807, 2.05) is 12.3 Å². The first-order chi connectivity index (χ1) is 9.78. The summed E-state index contributed by atoms with van der Waals surface area (Å²) in [6.07, 6.45) is 3.67. The van der Waals surface area contributed by atoms with E-state index in [0.29, 0.717) is 26.1 Å². The van der Waals surface area contributed by atoms with Crippen molar-refractivity contribution >= 4 is 22.4 Å². The van der Waals surface area contributed by atoms with Gasteiger partial charge >= 0.3 is 5.97 Å². The van der Waals surface area contributed by atoms with Gasteiger partial charge < -0.3 is 14.8 Å². The third-order valence-corrected chi connectivity index (χ3v) is 3.86. The Kier molecular flexibility index (Phi) is 6.26. The largest absolute Gasteiger partial charge is 0.466 e. The Hall–Kier alpha value is -1.14. The van der Waals surface area contributed by atoms with E-state index in [-0.39, 0.29) is 5.97 Å². The van der Waals surface area contributed by atoms with Crippen LogP contribution in [0.15, 0.2) is 5.38 Å².